The lowest BCUT2D eigenvalue weighted by molar-refractivity contribution is 0.724. The van der Waals surface area contributed by atoms with E-state index >= 15 is 0 Å². The number of pyridine rings is 1. The number of aromatic nitrogens is 3. The molecule has 0 bridgehead atoms. The number of H-pyrrole nitrogens is 1. The molecule has 1 N–H and O–H groups in total. The van der Waals surface area contributed by atoms with Gasteiger partial charge in [-0.15, -0.1) is 0 Å². The molecule has 0 fully saturated rings. The van der Waals surface area contributed by atoms with Gasteiger partial charge < -0.3 is 0 Å². The van der Waals surface area contributed by atoms with Gasteiger partial charge in [0.2, 0.25) is 0 Å². The SMILES string of the molecule is O=c1[nH]c(=O)n(Cc2ccnc3ccccc23)cc1Cl. The number of aromatic amines is 1. The molecular formula is C14H10ClN3O2. The average molecular weight is 288 g/mol. The molecule has 100 valence electrons. The van der Waals surface area contributed by atoms with Crippen molar-refractivity contribution in [2.75, 3.05) is 0 Å². The third-order valence-electron chi connectivity index (χ3n) is 3.05. The molecule has 2 heterocycles. The lowest BCUT2D eigenvalue weighted by Gasteiger charge is -2.08. The van der Waals surface area contributed by atoms with Crippen LogP contribution in [0.3, 0.4) is 0 Å². The monoisotopic (exact) mass is 287 g/mol. The first-order chi connectivity index (χ1) is 9.65. The van der Waals surface area contributed by atoms with E-state index in [0.717, 1.165) is 16.5 Å². The Morgan fingerprint density at radius 3 is 2.85 bits per heavy atom. The number of rotatable bonds is 2. The third kappa shape index (κ3) is 2.23. The minimum atomic E-state index is -0.576. The average Bonchev–Trinajstić information content (AvgIpc) is 2.45. The molecule has 1 aromatic carbocycles. The summed E-state index contributed by atoms with van der Waals surface area (Å²) in [5, 5.41) is 0.951. The van der Waals surface area contributed by atoms with Crippen molar-refractivity contribution >= 4 is 22.5 Å². The van der Waals surface area contributed by atoms with Crippen molar-refractivity contribution in [3.8, 4) is 0 Å². The number of nitrogens with zero attached hydrogens (tertiary/aromatic N) is 2. The highest BCUT2D eigenvalue weighted by Crippen LogP contribution is 2.16. The number of hydrogen-bond donors (Lipinski definition) is 1. The van der Waals surface area contributed by atoms with Gasteiger partial charge in [-0.05, 0) is 17.7 Å². The zero-order valence-electron chi connectivity index (χ0n) is 10.3. The normalized spacial score (nSPS) is 10.8. The van der Waals surface area contributed by atoms with Gasteiger partial charge in [-0.2, -0.15) is 0 Å². The fourth-order valence-corrected chi connectivity index (χ4v) is 2.24. The number of halogens is 1. The van der Waals surface area contributed by atoms with Crippen LogP contribution in [0, 0.1) is 0 Å². The number of para-hydroxylation sites is 1. The molecule has 6 heteroatoms. The highest BCUT2D eigenvalue weighted by atomic mass is 35.5. The van der Waals surface area contributed by atoms with Gasteiger partial charge >= 0.3 is 5.69 Å². The van der Waals surface area contributed by atoms with Gasteiger partial charge in [-0.3, -0.25) is 19.3 Å². The van der Waals surface area contributed by atoms with Crippen LogP contribution in [0.5, 0.6) is 0 Å². The predicted octanol–water partition coefficient (Wildman–Crippen LogP) is 1.79. The molecular weight excluding hydrogens is 278 g/mol. The lowest BCUT2D eigenvalue weighted by Crippen LogP contribution is -2.30. The van der Waals surface area contributed by atoms with Crippen LogP contribution >= 0.6 is 11.6 Å². The number of hydrogen-bond acceptors (Lipinski definition) is 3. The molecule has 20 heavy (non-hydrogen) atoms. The molecule has 2 aromatic heterocycles. The van der Waals surface area contributed by atoms with E-state index in [1.807, 2.05) is 30.3 Å². The molecule has 0 saturated carbocycles. The second kappa shape index (κ2) is 4.94. The first kappa shape index (κ1) is 12.6. The number of fused-ring (bicyclic) bond motifs is 1. The summed E-state index contributed by atoms with van der Waals surface area (Å²) in [4.78, 5) is 29.5. The highest BCUT2D eigenvalue weighted by molar-refractivity contribution is 6.30. The summed E-state index contributed by atoms with van der Waals surface area (Å²) in [6.07, 6.45) is 3.04. The van der Waals surface area contributed by atoms with Gasteiger partial charge in [0.25, 0.3) is 5.56 Å². The molecule has 3 rings (SSSR count). The van der Waals surface area contributed by atoms with Crippen LogP contribution in [-0.2, 0) is 6.54 Å². The van der Waals surface area contributed by atoms with E-state index in [9.17, 15) is 9.59 Å². The Labute approximate surface area is 118 Å². The number of benzene rings is 1. The van der Waals surface area contributed by atoms with E-state index in [-0.39, 0.29) is 5.02 Å². The molecule has 0 amide bonds. The first-order valence-electron chi connectivity index (χ1n) is 5.97. The fraction of sp³-hybridized carbons (Fsp3) is 0.0714. The van der Waals surface area contributed by atoms with Crippen molar-refractivity contribution < 1.29 is 0 Å². The first-order valence-corrected chi connectivity index (χ1v) is 6.35. The molecule has 0 unspecified atom stereocenters. The molecule has 0 spiro atoms. The Kier molecular flexibility index (Phi) is 3.12. The topological polar surface area (TPSA) is 67.8 Å². The molecule has 5 nitrogen and oxygen atoms in total. The maximum Gasteiger partial charge on any atom is 0.328 e. The predicted molar refractivity (Wildman–Crippen MR) is 77.2 cm³/mol. The van der Waals surface area contributed by atoms with E-state index in [1.165, 1.54) is 10.8 Å². The zero-order valence-corrected chi connectivity index (χ0v) is 11.1. The Morgan fingerprint density at radius 1 is 1.20 bits per heavy atom. The second-order valence-electron chi connectivity index (χ2n) is 4.35. The van der Waals surface area contributed by atoms with E-state index in [1.54, 1.807) is 6.20 Å². The van der Waals surface area contributed by atoms with Gasteiger partial charge in [0, 0.05) is 17.8 Å². The van der Waals surface area contributed by atoms with Crippen LogP contribution in [0.15, 0.2) is 52.3 Å². The summed E-state index contributed by atoms with van der Waals surface area (Å²) in [7, 11) is 0. The van der Waals surface area contributed by atoms with Crippen LogP contribution in [0.25, 0.3) is 10.9 Å². The minimum Gasteiger partial charge on any atom is -0.295 e. The van der Waals surface area contributed by atoms with Crippen LogP contribution in [0.4, 0.5) is 0 Å². The summed E-state index contributed by atoms with van der Waals surface area (Å²) in [6.45, 7) is 0.318. The van der Waals surface area contributed by atoms with Crippen LogP contribution in [0.1, 0.15) is 5.56 Å². The van der Waals surface area contributed by atoms with E-state index in [2.05, 4.69) is 9.97 Å². The number of nitrogens with one attached hydrogen (secondary N) is 1. The lowest BCUT2D eigenvalue weighted by atomic mass is 10.1. The molecule has 0 aliphatic heterocycles. The molecule has 0 radical (unpaired) electrons. The maximum atomic E-state index is 11.8. The molecule has 0 aliphatic rings. The summed E-state index contributed by atoms with van der Waals surface area (Å²) in [5.74, 6) is 0. The van der Waals surface area contributed by atoms with Gasteiger partial charge in [0.05, 0.1) is 12.1 Å². The summed E-state index contributed by atoms with van der Waals surface area (Å²) in [6, 6.07) is 9.50. The largest absolute Gasteiger partial charge is 0.328 e. The molecule has 3 aromatic rings. The smallest absolute Gasteiger partial charge is 0.295 e. The van der Waals surface area contributed by atoms with Crippen molar-refractivity contribution in [2.45, 2.75) is 6.54 Å². The standard InChI is InChI=1S/C14H10ClN3O2/c15-11-8-18(14(20)17-13(11)19)7-9-5-6-16-12-4-2-1-3-10(9)12/h1-6,8H,7H2,(H,17,19,20). The summed E-state index contributed by atoms with van der Waals surface area (Å²) in [5.41, 5.74) is 0.724. The van der Waals surface area contributed by atoms with Crippen LogP contribution in [-0.4, -0.2) is 14.5 Å². The van der Waals surface area contributed by atoms with Gasteiger partial charge in [-0.25, -0.2) is 4.79 Å². The summed E-state index contributed by atoms with van der Waals surface area (Å²) < 4.78 is 1.37. The van der Waals surface area contributed by atoms with Crippen molar-refractivity contribution in [1.29, 1.82) is 0 Å². The van der Waals surface area contributed by atoms with E-state index in [4.69, 9.17) is 11.6 Å². The van der Waals surface area contributed by atoms with Crippen molar-refractivity contribution in [1.82, 2.24) is 14.5 Å². The molecule has 0 aliphatic carbocycles. The highest BCUT2D eigenvalue weighted by Gasteiger charge is 2.06. The quantitative estimate of drug-likeness (QED) is 0.781. The third-order valence-corrected chi connectivity index (χ3v) is 3.32. The van der Waals surface area contributed by atoms with Crippen molar-refractivity contribution in [3.05, 3.63) is 74.1 Å². The van der Waals surface area contributed by atoms with Crippen molar-refractivity contribution in [3.63, 3.8) is 0 Å². The Morgan fingerprint density at radius 2 is 2.00 bits per heavy atom. The maximum absolute atomic E-state index is 11.8. The Balaban J connectivity index is 2.13. The van der Waals surface area contributed by atoms with Crippen molar-refractivity contribution in [2.24, 2.45) is 0 Å². The van der Waals surface area contributed by atoms with Gasteiger partial charge in [0.1, 0.15) is 5.02 Å². The van der Waals surface area contributed by atoms with Crippen LogP contribution in [0.2, 0.25) is 5.02 Å². The van der Waals surface area contributed by atoms with E-state index < -0.39 is 11.2 Å². The Bertz CT molecular complexity index is 893. The van der Waals surface area contributed by atoms with Crippen LogP contribution < -0.4 is 11.2 Å². The van der Waals surface area contributed by atoms with E-state index in [0.29, 0.717) is 6.54 Å². The fourth-order valence-electron chi connectivity index (χ4n) is 2.08. The second-order valence-corrected chi connectivity index (χ2v) is 4.76. The molecule has 0 saturated heterocycles. The van der Waals surface area contributed by atoms with Gasteiger partial charge in [0.15, 0.2) is 0 Å². The molecule has 0 atom stereocenters. The Hall–Kier alpha value is -2.40. The zero-order chi connectivity index (χ0) is 14.1. The summed E-state index contributed by atoms with van der Waals surface area (Å²) >= 11 is 5.75. The minimum absolute atomic E-state index is 0.0111. The van der Waals surface area contributed by atoms with Gasteiger partial charge in [-0.1, -0.05) is 29.8 Å².